The number of likely N-dealkylation sites (N-methyl/N-ethyl adjacent to an activating group) is 2. The average molecular weight is 763 g/mol. The Morgan fingerprint density at radius 3 is 2.44 bits per heavy atom. The number of carbonyl (C=O) groups excluding carboxylic acids is 3. The maximum absolute atomic E-state index is 14.4. The minimum Gasteiger partial charge on any atom is -0.378 e. The Labute approximate surface area is 314 Å². The molecule has 2 aromatic carbocycles. The van der Waals surface area contributed by atoms with E-state index in [4.69, 9.17) is 4.74 Å². The van der Waals surface area contributed by atoms with Gasteiger partial charge in [-0.3, -0.25) is 29.1 Å². The number of halogens is 3. The molecule has 3 aliphatic rings. The van der Waals surface area contributed by atoms with Crippen LogP contribution in [0, 0.1) is 0 Å². The first-order valence-electron chi connectivity index (χ1n) is 17.8. The molecule has 1 N–H and O–H groups in total. The zero-order chi connectivity index (χ0) is 38.1. The maximum atomic E-state index is 14.4. The van der Waals surface area contributed by atoms with Crippen LogP contribution in [0.5, 0.6) is 0 Å². The summed E-state index contributed by atoms with van der Waals surface area (Å²) in [7, 11) is 1.70. The molecule has 12 nitrogen and oxygen atoms in total. The summed E-state index contributed by atoms with van der Waals surface area (Å²) >= 11 is 0.309. The standard InChI is InChI=1S/C38H41F3N8O4S/c1-4-24(20-46-14-16-47(17-15-46)28-21-53-22-28)35(51)45(3)27-13-9-10-25(18-27)31-29-19-42-49(26-11-7-6-8-12-26)34(29)48(5-2)36(52)32(31)44-33(50)30-23-54-37(43-30)38(39,40)41/h4,6-13,18-19,23,28,31-32H,5,14-17,20-22H2,1-3H3,(H,44,50)/b24-4+/t31-,32+/m1/s1. The van der Waals surface area contributed by atoms with Crippen LogP contribution in [0.2, 0.25) is 0 Å². The first-order valence-corrected chi connectivity index (χ1v) is 18.7. The Morgan fingerprint density at radius 2 is 1.81 bits per heavy atom. The van der Waals surface area contributed by atoms with Crippen LogP contribution in [0.3, 0.4) is 0 Å². The van der Waals surface area contributed by atoms with Gasteiger partial charge < -0.3 is 15.0 Å². The van der Waals surface area contributed by atoms with Gasteiger partial charge in [0.25, 0.3) is 17.7 Å². The van der Waals surface area contributed by atoms with Gasteiger partial charge in [-0.1, -0.05) is 36.4 Å². The fourth-order valence-electron chi connectivity index (χ4n) is 7.25. The van der Waals surface area contributed by atoms with E-state index in [9.17, 15) is 27.6 Å². The number of hydrogen-bond acceptors (Lipinski definition) is 9. The Hall–Kier alpha value is -4.90. The van der Waals surface area contributed by atoms with Crippen molar-refractivity contribution in [2.75, 3.05) is 69.3 Å². The number of fused-ring (bicyclic) bond motifs is 1. The number of allylic oxidation sites excluding steroid dienone is 1. The number of alkyl halides is 3. The predicted molar refractivity (Wildman–Crippen MR) is 198 cm³/mol. The highest BCUT2D eigenvalue weighted by molar-refractivity contribution is 7.10. The van der Waals surface area contributed by atoms with E-state index in [0.717, 1.165) is 44.8 Å². The second-order valence-corrected chi connectivity index (χ2v) is 14.4. The SMILES string of the molecule is C/C=C(\CN1CCN(C2COC2)CC1)C(=O)N(C)c1cccc([C@@H]2c3cnn(-c4ccccc4)c3N(CC)C(=O)[C@H]2NC(=O)c2csc(C(F)(F)F)n2)c1. The molecule has 284 valence electrons. The van der Waals surface area contributed by atoms with Crippen molar-refractivity contribution in [1.29, 1.82) is 0 Å². The summed E-state index contributed by atoms with van der Waals surface area (Å²) in [5.41, 5.74) is 2.70. The van der Waals surface area contributed by atoms with Crippen LogP contribution in [-0.4, -0.2) is 114 Å². The highest BCUT2D eigenvalue weighted by Gasteiger charge is 2.45. The molecule has 7 rings (SSSR count). The molecule has 2 aromatic heterocycles. The van der Waals surface area contributed by atoms with Gasteiger partial charge >= 0.3 is 6.18 Å². The van der Waals surface area contributed by atoms with Gasteiger partial charge in [-0.15, -0.1) is 11.3 Å². The smallest absolute Gasteiger partial charge is 0.378 e. The number of nitrogens with one attached hydrogen (secondary N) is 1. The molecule has 0 radical (unpaired) electrons. The quantitative estimate of drug-likeness (QED) is 0.234. The molecule has 5 heterocycles. The van der Waals surface area contributed by atoms with Crippen LogP contribution in [-0.2, 0) is 20.5 Å². The van der Waals surface area contributed by atoms with Crippen molar-refractivity contribution in [2.45, 2.75) is 38.0 Å². The van der Waals surface area contributed by atoms with Gasteiger partial charge in [0.15, 0.2) is 5.01 Å². The zero-order valence-electron chi connectivity index (χ0n) is 30.1. The van der Waals surface area contributed by atoms with Crippen LogP contribution < -0.4 is 15.1 Å². The van der Waals surface area contributed by atoms with Crippen LogP contribution >= 0.6 is 11.3 Å². The molecule has 3 amide bonds. The van der Waals surface area contributed by atoms with E-state index in [1.165, 1.54) is 4.90 Å². The first kappa shape index (κ1) is 37.4. The number of piperazine rings is 1. The van der Waals surface area contributed by atoms with Gasteiger partial charge in [-0.25, -0.2) is 9.67 Å². The van der Waals surface area contributed by atoms with Crippen LogP contribution in [0.1, 0.15) is 46.4 Å². The molecule has 0 unspecified atom stereocenters. The van der Waals surface area contributed by atoms with Gasteiger partial charge in [-0.05, 0) is 43.7 Å². The van der Waals surface area contributed by atoms with Crippen molar-refractivity contribution >= 4 is 40.6 Å². The Kier molecular flexibility index (Phi) is 10.7. The second-order valence-electron chi connectivity index (χ2n) is 13.5. The van der Waals surface area contributed by atoms with Gasteiger partial charge in [0.1, 0.15) is 17.6 Å². The fraction of sp³-hybridized carbons (Fsp3) is 0.395. The van der Waals surface area contributed by atoms with E-state index >= 15 is 0 Å². The average Bonchev–Trinajstić information content (AvgIpc) is 3.83. The molecule has 3 aliphatic heterocycles. The molecule has 0 spiro atoms. The van der Waals surface area contributed by atoms with Crippen molar-refractivity contribution in [2.24, 2.45) is 0 Å². The fourth-order valence-corrected chi connectivity index (χ4v) is 7.91. The molecule has 0 aliphatic carbocycles. The molecule has 2 saturated heterocycles. The molecule has 54 heavy (non-hydrogen) atoms. The van der Waals surface area contributed by atoms with Crippen molar-refractivity contribution in [1.82, 2.24) is 29.9 Å². The lowest BCUT2D eigenvalue weighted by atomic mass is 9.82. The van der Waals surface area contributed by atoms with Gasteiger partial charge in [0, 0.05) is 74.4 Å². The van der Waals surface area contributed by atoms with E-state index < -0.39 is 40.7 Å². The van der Waals surface area contributed by atoms with E-state index in [1.807, 2.05) is 43.3 Å². The monoisotopic (exact) mass is 762 g/mol. The number of amides is 3. The number of benzene rings is 2. The lowest BCUT2D eigenvalue weighted by Crippen LogP contribution is -2.56. The number of carbonyl (C=O) groups is 3. The zero-order valence-corrected chi connectivity index (χ0v) is 30.9. The highest BCUT2D eigenvalue weighted by atomic mass is 32.1. The van der Waals surface area contributed by atoms with Gasteiger partial charge in [0.05, 0.1) is 31.1 Å². The summed E-state index contributed by atoms with van der Waals surface area (Å²) in [4.78, 5) is 53.2. The summed E-state index contributed by atoms with van der Waals surface area (Å²) in [5.74, 6) is -1.87. The highest BCUT2D eigenvalue weighted by Crippen LogP contribution is 2.42. The second kappa shape index (κ2) is 15.5. The number of hydrogen-bond donors (Lipinski definition) is 1. The number of thiazole rings is 1. The van der Waals surface area contributed by atoms with Crippen LogP contribution in [0.25, 0.3) is 5.69 Å². The molecular formula is C38H41F3N8O4S. The normalized spacial score (nSPS) is 20.1. The number of ether oxygens (including phenoxy) is 1. The van der Waals surface area contributed by atoms with E-state index in [1.54, 1.807) is 54.0 Å². The van der Waals surface area contributed by atoms with E-state index in [-0.39, 0.29) is 12.5 Å². The van der Waals surface area contributed by atoms with Crippen molar-refractivity contribution < 1.29 is 32.3 Å². The number of anilines is 2. The third-order valence-electron chi connectivity index (χ3n) is 10.3. The molecule has 16 heteroatoms. The third kappa shape index (κ3) is 7.30. The Bertz CT molecular complexity index is 2040. The summed E-state index contributed by atoms with van der Waals surface area (Å²) in [6.07, 6.45) is -1.24. The van der Waals surface area contributed by atoms with Crippen LogP contribution in [0.15, 0.2) is 77.8 Å². The first-order chi connectivity index (χ1) is 26.0. The molecular weight excluding hydrogens is 722 g/mol. The summed E-state index contributed by atoms with van der Waals surface area (Å²) < 4.78 is 47.2. The topological polar surface area (TPSA) is 116 Å². The molecule has 2 fully saturated rings. The number of rotatable bonds is 10. The van der Waals surface area contributed by atoms with Crippen LogP contribution in [0.4, 0.5) is 24.7 Å². The summed E-state index contributed by atoms with van der Waals surface area (Å²) in [6.45, 7) is 9.43. The van der Waals surface area contributed by atoms with Crippen molar-refractivity contribution in [3.05, 3.63) is 99.7 Å². The molecule has 0 bridgehead atoms. The Balaban J connectivity index is 1.20. The molecule has 2 atom stereocenters. The van der Waals surface area contributed by atoms with Gasteiger partial charge in [0.2, 0.25) is 0 Å². The minimum absolute atomic E-state index is 0.173. The number of aromatic nitrogens is 3. The molecule has 4 aromatic rings. The van der Waals surface area contributed by atoms with Crippen molar-refractivity contribution in [3.63, 3.8) is 0 Å². The lowest BCUT2D eigenvalue weighted by molar-refractivity contribution is -0.137. The predicted octanol–water partition coefficient (Wildman–Crippen LogP) is 4.57. The summed E-state index contributed by atoms with van der Waals surface area (Å²) in [6, 6.07) is 15.7. The molecule has 0 saturated carbocycles. The largest absolute Gasteiger partial charge is 0.443 e. The van der Waals surface area contributed by atoms with Gasteiger partial charge in [-0.2, -0.15) is 18.3 Å². The van der Waals surface area contributed by atoms with E-state index in [0.29, 0.717) is 57.8 Å². The number of para-hydroxylation sites is 1. The third-order valence-corrected chi connectivity index (χ3v) is 11.2. The minimum atomic E-state index is -4.72. The number of nitrogens with zero attached hydrogens (tertiary/aromatic N) is 7. The Morgan fingerprint density at radius 1 is 1.07 bits per heavy atom. The lowest BCUT2D eigenvalue weighted by Gasteiger charge is -2.42. The van der Waals surface area contributed by atoms with Crippen molar-refractivity contribution in [3.8, 4) is 5.69 Å². The maximum Gasteiger partial charge on any atom is 0.443 e. The van der Waals surface area contributed by atoms with E-state index in [2.05, 4.69) is 25.2 Å². The summed E-state index contributed by atoms with van der Waals surface area (Å²) in [5, 5.41) is 7.25.